The molecule has 1 fully saturated rings. The van der Waals surface area contributed by atoms with Gasteiger partial charge in [0, 0.05) is 19.6 Å². The van der Waals surface area contributed by atoms with Crippen LogP contribution < -0.4 is 11.1 Å². The number of nitrogens with two attached hydrogens (primary N) is 1. The fourth-order valence-electron chi connectivity index (χ4n) is 1.01. The minimum Gasteiger partial charge on any atom is -0.395 e. The molecule has 2 atom stereocenters. The standard InChI is InChI=1S/C7H17NO2.C5H10O.C2H7NO/c1-6(2)7(10)5-8-3-4-9;1-4(2)5-3-6-5;3-1-2-4/h6-10H,3-5H2,1-2H3;4-5H,3H2,1-2H3;4H,1-3H2. The molecule has 124 valence electrons. The maximum Gasteiger partial charge on any atom is 0.0832 e. The second kappa shape index (κ2) is 15.2. The Morgan fingerprint density at radius 1 is 1.20 bits per heavy atom. The van der Waals surface area contributed by atoms with Crippen LogP contribution in [0.15, 0.2) is 0 Å². The van der Waals surface area contributed by atoms with E-state index >= 15 is 0 Å². The maximum atomic E-state index is 9.21. The summed E-state index contributed by atoms with van der Waals surface area (Å²) in [5.41, 5.74) is 4.78. The lowest BCUT2D eigenvalue weighted by atomic mass is 10.1. The Labute approximate surface area is 123 Å². The lowest BCUT2D eigenvalue weighted by Crippen LogP contribution is -2.32. The normalized spacial score (nSPS) is 18.0. The smallest absolute Gasteiger partial charge is 0.0832 e. The summed E-state index contributed by atoms with van der Waals surface area (Å²) in [5, 5.41) is 28.2. The second-order valence-corrected chi connectivity index (χ2v) is 5.37. The van der Waals surface area contributed by atoms with Crippen LogP contribution in [0, 0.1) is 11.8 Å². The first-order chi connectivity index (χ1) is 9.40. The lowest BCUT2D eigenvalue weighted by molar-refractivity contribution is 0.122. The predicted octanol–water partition coefficient (Wildman–Crippen LogP) is -0.436. The van der Waals surface area contributed by atoms with Gasteiger partial charge in [0.25, 0.3) is 0 Å². The van der Waals surface area contributed by atoms with Gasteiger partial charge in [-0.2, -0.15) is 0 Å². The Hall–Kier alpha value is -0.240. The van der Waals surface area contributed by atoms with E-state index in [1.807, 2.05) is 13.8 Å². The number of nitrogens with one attached hydrogen (secondary N) is 1. The van der Waals surface area contributed by atoms with Crippen LogP contribution in [0.5, 0.6) is 0 Å². The van der Waals surface area contributed by atoms with E-state index in [0.717, 1.165) is 12.5 Å². The minimum absolute atomic E-state index is 0.0972. The SMILES string of the molecule is CC(C)C(O)CNCCO.CC(C)C1CO1.NCCO. The summed E-state index contributed by atoms with van der Waals surface area (Å²) in [6.07, 6.45) is 0.302. The van der Waals surface area contributed by atoms with E-state index in [1.54, 1.807) is 0 Å². The Kier molecular flexibility index (Phi) is 16.7. The Balaban J connectivity index is 0. The maximum absolute atomic E-state index is 9.21. The first-order valence-corrected chi connectivity index (χ1v) is 7.32. The third-order valence-corrected chi connectivity index (χ3v) is 2.64. The van der Waals surface area contributed by atoms with Crippen molar-refractivity contribution < 1.29 is 20.1 Å². The van der Waals surface area contributed by atoms with E-state index in [1.165, 1.54) is 0 Å². The summed E-state index contributed by atoms with van der Waals surface area (Å²) in [6, 6.07) is 0. The molecule has 1 heterocycles. The number of epoxide rings is 1. The molecule has 1 aliphatic heterocycles. The average molecular weight is 294 g/mol. The van der Waals surface area contributed by atoms with Crippen molar-refractivity contribution in [1.29, 1.82) is 0 Å². The monoisotopic (exact) mass is 294 g/mol. The van der Waals surface area contributed by atoms with E-state index < -0.39 is 0 Å². The van der Waals surface area contributed by atoms with Crippen molar-refractivity contribution in [2.24, 2.45) is 17.6 Å². The van der Waals surface area contributed by atoms with Crippen LogP contribution >= 0.6 is 0 Å². The van der Waals surface area contributed by atoms with Gasteiger partial charge in [-0.05, 0) is 11.8 Å². The highest BCUT2D eigenvalue weighted by molar-refractivity contribution is 4.71. The molecule has 0 radical (unpaired) electrons. The number of aliphatic hydroxyl groups excluding tert-OH is 3. The fourth-order valence-corrected chi connectivity index (χ4v) is 1.01. The molecular weight excluding hydrogens is 260 g/mol. The average Bonchev–Trinajstić information content (AvgIpc) is 3.24. The molecule has 0 aromatic rings. The summed E-state index contributed by atoms with van der Waals surface area (Å²) in [7, 11) is 0. The highest BCUT2D eigenvalue weighted by atomic mass is 16.6. The van der Waals surface area contributed by atoms with Crippen molar-refractivity contribution in [2.75, 3.05) is 39.5 Å². The van der Waals surface area contributed by atoms with Crippen LogP contribution in [-0.4, -0.2) is 67.0 Å². The van der Waals surface area contributed by atoms with Gasteiger partial charge in [0.1, 0.15) is 0 Å². The fraction of sp³-hybridized carbons (Fsp3) is 1.00. The molecule has 0 spiro atoms. The number of hydrogen-bond acceptors (Lipinski definition) is 6. The molecule has 0 amide bonds. The highest BCUT2D eigenvalue weighted by Crippen LogP contribution is 2.17. The van der Waals surface area contributed by atoms with Crippen molar-refractivity contribution in [1.82, 2.24) is 5.32 Å². The first-order valence-electron chi connectivity index (χ1n) is 7.32. The van der Waals surface area contributed by atoms with Crippen molar-refractivity contribution in [2.45, 2.75) is 39.9 Å². The highest BCUT2D eigenvalue weighted by Gasteiger charge is 2.25. The van der Waals surface area contributed by atoms with E-state index in [9.17, 15) is 5.11 Å². The molecule has 0 aliphatic carbocycles. The van der Waals surface area contributed by atoms with Gasteiger partial charge < -0.3 is 31.1 Å². The molecule has 1 rings (SSSR count). The van der Waals surface area contributed by atoms with Crippen molar-refractivity contribution in [3.8, 4) is 0 Å². The molecule has 2 unspecified atom stereocenters. The lowest BCUT2D eigenvalue weighted by Gasteiger charge is -2.14. The third-order valence-electron chi connectivity index (χ3n) is 2.64. The summed E-state index contributed by atoms with van der Waals surface area (Å²) < 4.78 is 4.97. The summed E-state index contributed by atoms with van der Waals surface area (Å²) in [6.45, 7) is 11.0. The van der Waals surface area contributed by atoms with E-state index in [4.69, 9.17) is 20.7 Å². The zero-order chi connectivity index (χ0) is 16.0. The Morgan fingerprint density at radius 2 is 1.70 bits per heavy atom. The number of aliphatic hydroxyl groups is 3. The minimum atomic E-state index is -0.299. The molecule has 0 bridgehead atoms. The summed E-state index contributed by atoms with van der Waals surface area (Å²) in [5.74, 6) is 1.02. The van der Waals surface area contributed by atoms with Gasteiger partial charge in [0.15, 0.2) is 0 Å². The van der Waals surface area contributed by atoms with Gasteiger partial charge in [0.05, 0.1) is 32.0 Å². The number of hydrogen-bond donors (Lipinski definition) is 5. The molecular formula is C14H34N2O4. The van der Waals surface area contributed by atoms with Crippen LogP contribution in [0.1, 0.15) is 27.7 Å². The van der Waals surface area contributed by atoms with Crippen molar-refractivity contribution in [3.63, 3.8) is 0 Å². The Morgan fingerprint density at radius 3 is 1.90 bits per heavy atom. The van der Waals surface area contributed by atoms with Crippen molar-refractivity contribution >= 4 is 0 Å². The Bertz CT molecular complexity index is 186. The van der Waals surface area contributed by atoms with Crippen LogP contribution in [0.4, 0.5) is 0 Å². The molecule has 6 N–H and O–H groups in total. The molecule has 0 aromatic carbocycles. The van der Waals surface area contributed by atoms with Gasteiger partial charge in [-0.1, -0.05) is 27.7 Å². The van der Waals surface area contributed by atoms with Crippen LogP contribution in [-0.2, 0) is 4.74 Å². The molecule has 0 saturated carbocycles. The van der Waals surface area contributed by atoms with E-state index in [2.05, 4.69) is 19.2 Å². The predicted molar refractivity (Wildman–Crippen MR) is 81.5 cm³/mol. The van der Waals surface area contributed by atoms with Crippen LogP contribution in [0.3, 0.4) is 0 Å². The van der Waals surface area contributed by atoms with Crippen LogP contribution in [0.25, 0.3) is 0 Å². The van der Waals surface area contributed by atoms with Gasteiger partial charge in [-0.25, -0.2) is 0 Å². The molecule has 0 aromatic heterocycles. The quantitative estimate of drug-likeness (QED) is 0.322. The van der Waals surface area contributed by atoms with Gasteiger partial charge in [-0.15, -0.1) is 0 Å². The molecule has 20 heavy (non-hydrogen) atoms. The van der Waals surface area contributed by atoms with Crippen LogP contribution in [0.2, 0.25) is 0 Å². The van der Waals surface area contributed by atoms with Crippen molar-refractivity contribution in [3.05, 3.63) is 0 Å². The summed E-state index contributed by atoms with van der Waals surface area (Å²) >= 11 is 0. The topological polar surface area (TPSA) is 111 Å². The zero-order valence-corrected chi connectivity index (χ0v) is 13.4. The first kappa shape index (κ1) is 22.0. The largest absolute Gasteiger partial charge is 0.395 e. The van der Waals surface area contributed by atoms with Gasteiger partial charge in [0.2, 0.25) is 0 Å². The number of rotatable bonds is 7. The number of ether oxygens (including phenoxy) is 1. The summed E-state index contributed by atoms with van der Waals surface area (Å²) in [4.78, 5) is 0. The van der Waals surface area contributed by atoms with Gasteiger partial charge >= 0.3 is 0 Å². The zero-order valence-electron chi connectivity index (χ0n) is 13.4. The molecule has 6 heteroatoms. The molecule has 6 nitrogen and oxygen atoms in total. The molecule has 1 saturated heterocycles. The van der Waals surface area contributed by atoms with Gasteiger partial charge in [-0.3, -0.25) is 0 Å². The van der Waals surface area contributed by atoms with E-state index in [-0.39, 0.29) is 25.2 Å². The second-order valence-electron chi connectivity index (χ2n) is 5.37. The molecule has 1 aliphatic rings. The van der Waals surface area contributed by atoms with E-state index in [0.29, 0.717) is 25.7 Å². The third kappa shape index (κ3) is 17.8.